The Morgan fingerprint density at radius 2 is 1.69 bits per heavy atom. The third-order valence-corrected chi connectivity index (χ3v) is 5.98. The zero-order valence-electron chi connectivity index (χ0n) is 19.8. The van der Waals surface area contributed by atoms with Crippen LogP contribution in [0.25, 0.3) is 0 Å². The molecule has 9 heteroatoms. The van der Waals surface area contributed by atoms with E-state index in [-0.39, 0.29) is 36.2 Å². The fourth-order valence-electron chi connectivity index (χ4n) is 3.66. The zero-order valence-corrected chi connectivity index (χ0v) is 20.6. The van der Waals surface area contributed by atoms with E-state index < -0.39 is 41.4 Å². The number of hydrazine groups is 1. The molecule has 2 atom stereocenters. The molecule has 186 valence electrons. The van der Waals surface area contributed by atoms with E-state index in [1.165, 1.54) is 12.1 Å². The third-order valence-electron chi connectivity index (χ3n) is 5.76. The highest BCUT2D eigenvalue weighted by Gasteiger charge is 2.38. The first-order valence-electron chi connectivity index (χ1n) is 11.3. The van der Waals surface area contributed by atoms with Crippen LogP contribution in [-0.4, -0.2) is 47.1 Å². The number of carbonyl (C=O) groups is 4. The number of benzene rings is 2. The van der Waals surface area contributed by atoms with Gasteiger partial charge in [0.25, 0.3) is 5.91 Å². The van der Waals surface area contributed by atoms with Gasteiger partial charge in [-0.1, -0.05) is 32.9 Å². The number of nitrogens with one attached hydrogen (secondary N) is 1. The van der Waals surface area contributed by atoms with Gasteiger partial charge in [0.05, 0.1) is 12.5 Å². The van der Waals surface area contributed by atoms with Crippen LogP contribution in [0.15, 0.2) is 48.5 Å². The summed E-state index contributed by atoms with van der Waals surface area (Å²) in [5.41, 5.74) is 4.10. The molecule has 0 aliphatic carbocycles. The van der Waals surface area contributed by atoms with Gasteiger partial charge in [0.15, 0.2) is 6.10 Å². The van der Waals surface area contributed by atoms with Gasteiger partial charge < -0.3 is 4.74 Å². The molecule has 0 aromatic heterocycles. The number of Topliss-reactive ketones (excluding diaryl/α,β-unsaturated/α-hetero) is 1. The van der Waals surface area contributed by atoms with Crippen LogP contribution in [0, 0.1) is 11.7 Å². The summed E-state index contributed by atoms with van der Waals surface area (Å²) in [6.45, 7) is 6.11. The van der Waals surface area contributed by atoms with E-state index >= 15 is 0 Å². The first-order chi connectivity index (χ1) is 16.5. The Hall–Kier alpha value is -3.26. The van der Waals surface area contributed by atoms with Crippen molar-refractivity contribution in [3.8, 4) is 0 Å². The van der Waals surface area contributed by atoms with Crippen molar-refractivity contribution in [2.24, 2.45) is 5.92 Å². The van der Waals surface area contributed by atoms with Crippen LogP contribution in [0.4, 0.5) is 4.39 Å². The largest absolute Gasteiger partial charge is 0.454 e. The van der Waals surface area contributed by atoms with Crippen LogP contribution < -0.4 is 5.43 Å². The number of rotatable bonds is 8. The van der Waals surface area contributed by atoms with Crippen LogP contribution in [0.5, 0.6) is 0 Å². The number of carbonyl (C=O) groups excluding carboxylic acids is 4. The van der Waals surface area contributed by atoms with Crippen molar-refractivity contribution in [2.45, 2.75) is 45.1 Å². The summed E-state index contributed by atoms with van der Waals surface area (Å²) in [5.74, 6) is -3.45. The normalized spacial score (nSPS) is 16.7. The fraction of sp³-hybridized carbons (Fsp3) is 0.385. The Bertz CT molecular complexity index is 1100. The Morgan fingerprint density at radius 1 is 1.09 bits per heavy atom. The number of nitrogens with zero attached hydrogens (tertiary/aromatic N) is 1. The minimum atomic E-state index is -1.16. The number of hydrogen-bond donors (Lipinski definition) is 1. The molecule has 7 nitrogen and oxygen atoms in total. The molecule has 3 rings (SSSR count). The van der Waals surface area contributed by atoms with E-state index in [0.29, 0.717) is 5.56 Å². The van der Waals surface area contributed by atoms with E-state index in [9.17, 15) is 23.6 Å². The third kappa shape index (κ3) is 6.66. The van der Waals surface area contributed by atoms with E-state index in [2.05, 4.69) is 26.2 Å². The molecule has 1 saturated heterocycles. The van der Waals surface area contributed by atoms with E-state index in [1.54, 1.807) is 12.1 Å². The Balaban J connectivity index is 1.61. The SMILES string of the molecule is CC(C)(C)c1ccc(C(=O)NN2C[C@H](C(=O)O[C@H](CCCl)C(=O)c3ccc(F)cc3)CC2=O)cc1. The van der Waals surface area contributed by atoms with Gasteiger partial charge in [-0.05, 0) is 47.4 Å². The topological polar surface area (TPSA) is 92.8 Å². The number of esters is 1. The quantitative estimate of drug-likeness (QED) is 0.334. The summed E-state index contributed by atoms with van der Waals surface area (Å²) in [7, 11) is 0. The second-order valence-corrected chi connectivity index (χ2v) is 9.83. The van der Waals surface area contributed by atoms with E-state index in [4.69, 9.17) is 16.3 Å². The van der Waals surface area contributed by atoms with Crippen molar-refractivity contribution < 1.29 is 28.3 Å². The molecule has 0 radical (unpaired) electrons. The molecule has 1 fully saturated rings. The lowest BCUT2D eigenvalue weighted by atomic mass is 9.87. The van der Waals surface area contributed by atoms with Gasteiger partial charge in [-0.15, -0.1) is 11.6 Å². The van der Waals surface area contributed by atoms with Crippen LogP contribution in [0.3, 0.4) is 0 Å². The van der Waals surface area contributed by atoms with Crippen molar-refractivity contribution in [1.82, 2.24) is 10.4 Å². The van der Waals surface area contributed by atoms with Crippen LogP contribution in [-0.2, 0) is 19.7 Å². The highest BCUT2D eigenvalue weighted by atomic mass is 35.5. The molecular formula is C26H28ClFN2O5. The summed E-state index contributed by atoms with van der Waals surface area (Å²) in [4.78, 5) is 50.5. The summed E-state index contributed by atoms with van der Waals surface area (Å²) in [6, 6.07) is 12.0. The molecule has 35 heavy (non-hydrogen) atoms. The molecule has 0 spiro atoms. The number of amides is 2. The second-order valence-electron chi connectivity index (χ2n) is 9.45. The maximum Gasteiger partial charge on any atom is 0.312 e. The van der Waals surface area contributed by atoms with Gasteiger partial charge in [-0.2, -0.15) is 0 Å². The molecule has 1 aliphatic rings. The van der Waals surface area contributed by atoms with Crippen LogP contribution >= 0.6 is 11.6 Å². The maximum atomic E-state index is 13.2. The Labute approximate surface area is 208 Å². The highest BCUT2D eigenvalue weighted by Crippen LogP contribution is 2.23. The van der Waals surface area contributed by atoms with Crippen molar-refractivity contribution in [3.05, 3.63) is 71.0 Å². The predicted molar refractivity (Wildman–Crippen MR) is 128 cm³/mol. The molecule has 1 N–H and O–H groups in total. The maximum absolute atomic E-state index is 13.2. The summed E-state index contributed by atoms with van der Waals surface area (Å²) in [5, 5.41) is 1.09. The van der Waals surface area contributed by atoms with Gasteiger partial charge in [0.2, 0.25) is 11.7 Å². The molecule has 0 saturated carbocycles. The molecule has 2 aromatic carbocycles. The van der Waals surface area contributed by atoms with Crippen LogP contribution in [0.1, 0.15) is 59.9 Å². The lowest BCUT2D eigenvalue weighted by Crippen LogP contribution is -2.43. The predicted octanol–water partition coefficient (Wildman–Crippen LogP) is 4.04. The number of ether oxygens (including phenoxy) is 1. The van der Waals surface area contributed by atoms with Gasteiger partial charge >= 0.3 is 5.97 Å². The van der Waals surface area contributed by atoms with Crippen LogP contribution in [0.2, 0.25) is 0 Å². The summed E-state index contributed by atoms with van der Waals surface area (Å²) >= 11 is 5.78. The smallest absolute Gasteiger partial charge is 0.312 e. The molecule has 1 heterocycles. The molecule has 0 unspecified atom stereocenters. The molecular weight excluding hydrogens is 475 g/mol. The first kappa shape index (κ1) is 26.3. The molecule has 0 bridgehead atoms. The van der Waals surface area contributed by atoms with Crippen molar-refractivity contribution >= 4 is 35.2 Å². The monoisotopic (exact) mass is 502 g/mol. The first-order valence-corrected chi connectivity index (χ1v) is 11.8. The van der Waals surface area contributed by atoms with Crippen molar-refractivity contribution in [1.29, 1.82) is 0 Å². The molecule has 2 amide bonds. The second kappa shape index (κ2) is 11.0. The Kier molecular flexibility index (Phi) is 8.27. The highest BCUT2D eigenvalue weighted by molar-refractivity contribution is 6.18. The number of ketones is 1. The molecule has 1 aliphatic heterocycles. The zero-order chi connectivity index (χ0) is 25.8. The average molecular weight is 503 g/mol. The van der Waals surface area contributed by atoms with Crippen molar-refractivity contribution in [2.75, 3.05) is 12.4 Å². The number of hydrogen-bond acceptors (Lipinski definition) is 5. The fourth-order valence-corrected chi connectivity index (χ4v) is 3.86. The average Bonchev–Trinajstić information content (AvgIpc) is 3.18. The summed E-state index contributed by atoms with van der Waals surface area (Å²) < 4.78 is 18.6. The summed E-state index contributed by atoms with van der Waals surface area (Å²) in [6.07, 6.45) is -1.26. The van der Waals surface area contributed by atoms with Gasteiger partial charge in [-0.3, -0.25) is 29.6 Å². The lowest BCUT2D eigenvalue weighted by Gasteiger charge is -2.21. The number of alkyl halides is 1. The van der Waals surface area contributed by atoms with Crippen molar-refractivity contribution in [3.63, 3.8) is 0 Å². The lowest BCUT2D eigenvalue weighted by molar-refractivity contribution is -0.151. The van der Waals surface area contributed by atoms with Gasteiger partial charge in [0.1, 0.15) is 5.82 Å². The van der Waals surface area contributed by atoms with E-state index in [0.717, 1.165) is 22.7 Å². The molecule has 2 aromatic rings. The van der Waals surface area contributed by atoms with Gasteiger partial charge in [0, 0.05) is 29.8 Å². The van der Waals surface area contributed by atoms with E-state index in [1.807, 2.05) is 12.1 Å². The minimum absolute atomic E-state index is 0.0602. The number of halogens is 2. The van der Waals surface area contributed by atoms with Gasteiger partial charge in [-0.25, -0.2) is 4.39 Å². The Morgan fingerprint density at radius 3 is 2.26 bits per heavy atom. The standard InChI is InChI=1S/C26H28ClFN2O5/c1-26(2,3)19-8-4-17(5-9-19)24(33)29-30-15-18(14-22(30)31)25(34)35-21(12-13-27)23(32)16-6-10-20(28)11-7-16/h4-11,18,21H,12-15H2,1-3H3,(H,29,33)/t18-,21-/m1/s1. The minimum Gasteiger partial charge on any atom is -0.454 e.